The third-order valence-corrected chi connectivity index (χ3v) is 8.04. The first-order valence-electron chi connectivity index (χ1n) is 13.2. The normalized spacial score (nSPS) is 15.0. The number of allylic oxidation sites excluding steroid dienone is 1. The van der Waals surface area contributed by atoms with Gasteiger partial charge < -0.3 is 18.9 Å². The summed E-state index contributed by atoms with van der Waals surface area (Å²) in [6.07, 6.45) is 2.93. The van der Waals surface area contributed by atoms with Crippen molar-refractivity contribution in [1.29, 1.82) is 0 Å². The molecular weight excluding hydrogens is 632 g/mol. The number of fused-ring (bicyclic) bond motifs is 1. The molecule has 218 valence electrons. The van der Waals surface area contributed by atoms with Crippen LogP contribution in [0.15, 0.2) is 55.9 Å². The smallest absolute Gasteiger partial charge is 0.338 e. The van der Waals surface area contributed by atoms with Crippen molar-refractivity contribution in [2.45, 2.75) is 52.7 Å². The fraction of sp³-hybridized carbons (Fsp3) is 0.367. The zero-order valence-corrected chi connectivity index (χ0v) is 26.9. The van der Waals surface area contributed by atoms with Gasteiger partial charge in [0.25, 0.3) is 5.56 Å². The van der Waals surface area contributed by atoms with Crippen molar-refractivity contribution in [3.8, 4) is 17.2 Å². The number of carbonyl (C=O) groups excluding carboxylic acids is 1. The second-order valence-corrected chi connectivity index (χ2v) is 11.8. The van der Waals surface area contributed by atoms with E-state index in [1.54, 1.807) is 42.9 Å². The summed E-state index contributed by atoms with van der Waals surface area (Å²) in [6, 6.07) is 8.18. The van der Waals surface area contributed by atoms with Gasteiger partial charge in [0.15, 0.2) is 16.3 Å². The Morgan fingerprint density at radius 3 is 2.54 bits per heavy atom. The molecule has 0 N–H and O–H groups in total. The van der Waals surface area contributed by atoms with Crippen molar-refractivity contribution in [3.05, 3.63) is 81.9 Å². The highest BCUT2D eigenvalue weighted by atomic mass is 79.9. The third kappa shape index (κ3) is 6.39. The number of benzene rings is 2. The number of esters is 1. The number of nitrogens with zero attached hydrogens (tertiary/aromatic N) is 2. The standard InChI is InChI=1S/C30H32BrClN2O6S/c1-7-9-21-25(29(36)39-8-2)26(19-15-18(31)10-11-22(19)37-5)34-28(35)24(41-30(34)33-21)14-17-12-20(32)27(40-16(3)4)23(13-17)38-6/h10-16,26H,7-9H2,1-6H3/b24-14+/t26-/m1/s1. The molecule has 0 unspecified atom stereocenters. The maximum absolute atomic E-state index is 14.1. The Kier molecular flexibility index (Phi) is 9.99. The van der Waals surface area contributed by atoms with Crippen molar-refractivity contribution >= 4 is 50.9 Å². The minimum atomic E-state index is -0.804. The number of hydrogen-bond acceptors (Lipinski definition) is 8. The molecule has 11 heteroatoms. The van der Waals surface area contributed by atoms with Crippen molar-refractivity contribution < 1.29 is 23.7 Å². The van der Waals surface area contributed by atoms with Crippen molar-refractivity contribution in [2.24, 2.45) is 4.99 Å². The number of hydrogen-bond donors (Lipinski definition) is 0. The fourth-order valence-corrected chi connectivity index (χ4v) is 6.32. The number of rotatable bonds is 10. The van der Waals surface area contributed by atoms with Gasteiger partial charge in [-0.3, -0.25) is 9.36 Å². The summed E-state index contributed by atoms with van der Waals surface area (Å²) in [7, 11) is 3.09. The quantitative estimate of drug-likeness (QED) is 0.255. The maximum atomic E-state index is 14.1. The largest absolute Gasteiger partial charge is 0.496 e. The molecule has 0 radical (unpaired) electrons. The van der Waals surface area contributed by atoms with Gasteiger partial charge in [-0.05, 0) is 69.2 Å². The second-order valence-electron chi connectivity index (χ2n) is 9.50. The van der Waals surface area contributed by atoms with Crippen LogP contribution in [-0.2, 0) is 9.53 Å². The van der Waals surface area contributed by atoms with E-state index in [2.05, 4.69) is 15.9 Å². The van der Waals surface area contributed by atoms with Crippen LogP contribution in [0.5, 0.6) is 17.2 Å². The summed E-state index contributed by atoms with van der Waals surface area (Å²) < 4.78 is 25.3. The average Bonchev–Trinajstić information content (AvgIpc) is 3.23. The molecule has 0 aliphatic carbocycles. The van der Waals surface area contributed by atoms with Crippen molar-refractivity contribution in [1.82, 2.24) is 4.57 Å². The van der Waals surface area contributed by atoms with Gasteiger partial charge in [0, 0.05) is 10.0 Å². The minimum absolute atomic E-state index is 0.100. The molecule has 0 fully saturated rings. The molecule has 1 atom stereocenters. The van der Waals surface area contributed by atoms with Crippen LogP contribution >= 0.6 is 38.9 Å². The Labute approximate surface area is 256 Å². The van der Waals surface area contributed by atoms with E-state index in [-0.39, 0.29) is 18.3 Å². The van der Waals surface area contributed by atoms with E-state index in [1.807, 2.05) is 32.9 Å². The predicted molar refractivity (Wildman–Crippen MR) is 164 cm³/mol. The molecule has 3 aromatic rings. The highest BCUT2D eigenvalue weighted by Crippen LogP contribution is 2.39. The van der Waals surface area contributed by atoms with Crippen molar-refractivity contribution in [3.63, 3.8) is 0 Å². The topological polar surface area (TPSA) is 88.4 Å². The number of aromatic nitrogens is 1. The van der Waals surface area contributed by atoms with Crippen molar-refractivity contribution in [2.75, 3.05) is 20.8 Å². The Balaban J connectivity index is 2.00. The van der Waals surface area contributed by atoms with Gasteiger partial charge in [-0.1, -0.05) is 52.2 Å². The lowest BCUT2D eigenvalue weighted by Crippen LogP contribution is -2.40. The molecule has 41 heavy (non-hydrogen) atoms. The maximum Gasteiger partial charge on any atom is 0.338 e. The van der Waals surface area contributed by atoms with Crippen LogP contribution in [0.1, 0.15) is 57.7 Å². The average molecular weight is 664 g/mol. The summed E-state index contributed by atoms with van der Waals surface area (Å²) >= 11 is 11.3. The van der Waals surface area contributed by atoms with Crippen LogP contribution in [0.4, 0.5) is 0 Å². The summed E-state index contributed by atoms with van der Waals surface area (Å²) in [5.41, 5.74) is 1.90. The van der Waals surface area contributed by atoms with Crippen LogP contribution in [-0.4, -0.2) is 37.5 Å². The first-order chi connectivity index (χ1) is 19.6. The van der Waals surface area contributed by atoms with Crippen LogP contribution in [0.25, 0.3) is 6.08 Å². The fourth-order valence-electron chi connectivity index (χ4n) is 4.66. The molecule has 0 saturated carbocycles. The number of ether oxygens (including phenoxy) is 4. The molecule has 0 bridgehead atoms. The summed E-state index contributed by atoms with van der Waals surface area (Å²) in [6.45, 7) is 7.75. The SMILES string of the molecule is CCCC1=C(C(=O)OCC)[C@@H](c2cc(Br)ccc2OC)n2c(s/c(=C/c3cc(Cl)c(OC(C)C)c(OC)c3)c2=O)=N1. The molecule has 0 amide bonds. The van der Waals surface area contributed by atoms with Gasteiger partial charge in [0.2, 0.25) is 0 Å². The zero-order valence-electron chi connectivity index (χ0n) is 23.7. The first kappa shape index (κ1) is 30.9. The molecule has 0 saturated heterocycles. The van der Waals surface area contributed by atoms with Gasteiger partial charge >= 0.3 is 5.97 Å². The first-order valence-corrected chi connectivity index (χ1v) is 15.2. The van der Waals surface area contributed by atoms with Gasteiger partial charge in [0.1, 0.15) is 11.8 Å². The van der Waals surface area contributed by atoms with Gasteiger partial charge in [-0.2, -0.15) is 0 Å². The van der Waals surface area contributed by atoms with Crippen LogP contribution in [0.3, 0.4) is 0 Å². The Hall–Kier alpha value is -3.08. The Morgan fingerprint density at radius 1 is 1.17 bits per heavy atom. The summed E-state index contributed by atoms with van der Waals surface area (Å²) in [5, 5.41) is 0.364. The molecule has 4 rings (SSSR count). The lowest BCUT2D eigenvalue weighted by Gasteiger charge is -2.27. The molecule has 0 spiro atoms. The summed E-state index contributed by atoms with van der Waals surface area (Å²) in [5.74, 6) is 0.910. The van der Waals surface area contributed by atoms with E-state index in [4.69, 9.17) is 35.5 Å². The van der Waals surface area contributed by atoms with E-state index >= 15 is 0 Å². The lowest BCUT2D eigenvalue weighted by atomic mass is 9.93. The van der Waals surface area contributed by atoms with E-state index in [1.165, 1.54) is 18.4 Å². The molecule has 2 aromatic carbocycles. The molecule has 1 aliphatic heterocycles. The monoisotopic (exact) mass is 662 g/mol. The third-order valence-electron chi connectivity index (χ3n) is 6.28. The number of carbonyl (C=O) groups is 1. The van der Waals surface area contributed by atoms with Crippen LogP contribution < -0.4 is 29.1 Å². The number of thiazole rings is 1. The van der Waals surface area contributed by atoms with Gasteiger partial charge in [-0.25, -0.2) is 9.79 Å². The second kappa shape index (κ2) is 13.3. The zero-order chi connectivity index (χ0) is 29.8. The highest BCUT2D eigenvalue weighted by molar-refractivity contribution is 9.10. The molecule has 1 aromatic heterocycles. The van der Waals surface area contributed by atoms with E-state index in [9.17, 15) is 9.59 Å². The Morgan fingerprint density at radius 2 is 1.90 bits per heavy atom. The van der Waals surface area contributed by atoms with Gasteiger partial charge in [0.05, 0.1) is 47.8 Å². The number of halogens is 2. The lowest BCUT2D eigenvalue weighted by molar-refractivity contribution is -0.139. The number of methoxy groups -OCH3 is 2. The highest BCUT2D eigenvalue weighted by Gasteiger charge is 2.36. The molecule has 8 nitrogen and oxygen atoms in total. The summed E-state index contributed by atoms with van der Waals surface area (Å²) in [4.78, 5) is 32.8. The molecule has 2 heterocycles. The van der Waals surface area contributed by atoms with Crippen LogP contribution in [0, 0.1) is 0 Å². The predicted octanol–water partition coefficient (Wildman–Crippen LogP) is 5.80. The van der Waals surface area contributed by atoms with E-state index < -0.39 is 12.0 Å². The minimum Gasteiger partial charge on any atom is -0.496 e. The van der Waals surface area contributed by atoms with Crippen LogP contribution in [0.2, 0.25) is 5.02 Å². The Bertz CT molecular complexity index is 1680. The molecule has 1 aliphatic rings. The molecular formula is C30H32BrClN2O6S. The van der Waals surface area contributed by atoms with Gasteiger partial charge in [-0.15, -0.1) is 0 Å². The van der Waals surface area contributed by atoms with E-state index in [0.717, 1.165) is 10.9 Å². The van der Waals surface area contributed by atoms with E-state index in [0.29, 0.717) is 60.4 Å².